The van der Waals surface area contributed by atoms with Crippen molar-refractivity contribution in [2.75, 3.05) is 0 Å². The first-order valence-corrected chi connectivity index (χ1v) is 16.6. The van der Waals surface area contributed by atoms with Gasteiger partial charge < -0.3 is 14.3 Å². The summed E-state index contributed by atoms with van der Waals surface area (Å²) in [6.45, 7) is 31.2. The third-order valence-electron chi connectivity index (χ3n) is 7.66. The Morgan fingerprint density at radius 1 is 0.725 bits per heavy atom. The maximum Gasteiger partial charge on any atom is 0.404 e. The van der Waals surface area contributed by atoms with Crippen molar-refractivity contribution < 1.29 is 23.1 Å². The van der Waals surface area contributed by atoms with Crippen molar-refractivity contribution in [1.29, 1.82) is 0 Å². The molecule has 0 aliphatic carbocycles. The monoisotopic (exact) mass is 590 g/mol. The fourth-order valence-electron chi connectivity index (χ4n) is 5.38. The van der Waals surface area contributed by atoms with E-state index in [2.05, 4.69) is 114 Å². The number of hydrogen-bond donors (Lipinski definition) is 2. The van der Waals surface area contributed by atoms with Gasteiger partial charge in [0.05, 0.1) is 6.10 Å². The van der Waals surface area contributed by atoms with Crippen LogP contribution in [0.5, 0.6) is 5.75 Å². The van der Waals surface area contributed by atoms with Crippen LogP contribution in [-0.4, -0.2) is 15.9 Å². The molecule has 1 heterocycles. The molecule has 0 spiro atoms. The highest BCUT2D eigenvalue weighted by atomic mass is 31.2. The fourth-order valence-corrected chi connectivity index (χ4v) is 6.91. The molecule has 3 rings (SSSR count). The van der Waals surface area contributed by atoms with Gasteiger partial charge in [0.25, 0.3) is 0 Å². The zero-order chi connectivity index (χ0) is 30.6. The van der Waals surface area contributed by atoms with Gasteiger partial charge in [0.1, 0.15) is 5.75 Å². The second-order valence-corrected chi connectivity index (χ2v) is 17.6. The molecule has 3 atom stereocenters. The molecule has 1 aliphatic heterocycles. The van der Waals surface area contributed by atoms with Crippen molar-refractivity contribution in [1.82, 2.24) is 0 Å². The summed E-state index contributed by atoms with van der Waals surface area (Å²) >= 11 is 0. The smallest absolute Gasteiger partial charge is 0.404 e. The second kappa shape index (κ2) is 11.6. The molecule has 1 aliphatic rings. The highest BCUT2D eigenvalue weighted by Gasteiger charge is 2.36. The van der Waals surface area contributed by atoms with Gasteiger partial charge in [-0.1, -0.05) is 108 Å². The maximum atomic E-state index is 9.82. The molecule has 3 unspecified atom stereocenters. The third kappa shape index (κ3) is 7.66. The van der Waals surface area contributed by atoms with Crippen LogP contribution in [0.4, 0.5) is 0 Å². The Labute approximate surface area is 246 Å². The SMILES string of the molecule is CC1CC(C)c2c(cc(C(C)(C)C)cc2C(C)(C)C)-c2cc(C(C)(C)C)cc(C(C)(C)C)c2OP(OP(O)O)O1. The normalized spacial score (nSPS) is 21.1. The van der Waals surface area contributed by atoms with Crippen LogP contribution < -0.4 is 4.52 Å². The molecule has 2 N–H and O–H groups in total. The Morgan fingerprint density at radius 2 is 1.20 bits per heavy atom. The molecule has 2 aromatic rings. The second-order valence-electron chi connectivity index (χ2n) is 15.6. The molecular weight excluding hydrogens is 538 g/mol. The summed E-state index contributed by atoms with van der Waals surface area (Å²) in [5.41, 5.74) is 7.90. The zero-order valence-corrected chi connectivity index (χ0v) is 29.0. The van der Waals surface area contributed by atoms with Crippen LogP contribution in [0, 0.1) is 0 Å². The molecule has 224 valence electrons. The van der Waals surface area contributed by atoms with Gasteiger partial charge in [-0.05, 0) is 74.8 Å². The number of benzene rings is 2. The summed E-state index contributed by atoms with van der Waals surface area (Å²) < 4.78 is 18.4. The molecule has 2 aromatic carbocycles. The molecule has 0 amide bonds. The molecule has 0 saturated carbocycles. The van der Waals surface area contributed by atoms with Crippen LogP contribution in [0.15, 0.2) is 24.3 Å². The van der Waals surface area contributed by atoms with Crippen molar-refractivity contribution in [3.8, 4) is 16.9 Å². The van der Waals surface area contributed by atoms with Crippen molar-refractivity contribution in [2.45, 2.75) is 137 Å². The Hall–Kier alpha value is -1.06. The quantitative estimate of drug-likeness (QED) is 0.341. The predicted octanol–water partition coefficient (Wildman–Crippen LogP) is 10.3. The lowest BCUT2D eigenvalue weighted by Gasteiger charge is -2.36. The van der Waals surface area contributed by atoms with E-state index < -0.39 is 17.2 Å². The van der Waals surface area contributed by atoms with Crippen molar-refractivity contribution in [2.24, 2.45) is 0 Å². The third-order valence-corrected chi connectivity index (χ3v) is 9.64. The van der Waals surface area contributed by atoms with Gasteiger partial charge in [-0.3, -0.25) is 4.52 Å². The first kappa shape index (κ1) is 33.4. The molecular formula is C33H52O5P2. The van der Waals surface area contributed by atoms with E-state index in [4.69, 9.17) is 13.4 Å². The van der Waals surface area contributed by atoms with E-state index in [9.17, 15) is 9.79 Å². The summed E-state index contributed by atoms with van der Waals surface area (Å²) in [6, 6.07) is 9.29. The number of fused-ring (bicyclic) bond motifs is 3. The van der Waals surface area contributed by atoms with E-state index in [1.807, 2.05) is 6.92 Å². The molecule has 0 fully saturated rings. The van der Waals surface area contributed by atoms with Crippen LogP contribution in [-0.2, 0) is 30.5 Å². The minimum absolute atomic E-state index is 0.0567. The summed E-state index contributed by atoms with van der Waals surface area (Å²) in [6.07, 6.45) is 0.526. The van der Waals surface area contributed by atoms with Gasteiger partial charge in [-0.2, -0.15) is 0 Å². The van der Waals surface area contributed by atoms with Crippen LogP contribution in [0.25, 0.3) is 11.1 Å². The largest absolute Gasteiger partial charge is 0.426 e. The maximum absolute atomic E-state index is 9.82. The van der Waals surface area contributed by atoms with Crippen LogP contribution in [0.1, 0.15) is 137 Å². The Morgan fingerprint density at radius 3 is 1.65 bits per heavy atom. The van der Waals surface area contributed by atoms with E-state index in [-0.39, 0.29) is 33.7 Å². The van der Waals surface area contributed by atoms with Gasteiger partial charge >= 0.3 is 17.2 Å². The van der Waals surface area contributed by atoms with Crippen molar-refractivity contribution >= 4 is 17.2 Å². The molecule has 0 bridgehead atoms. The Kier molecular flexibility index (Phi) is 9.66. The van der Waals surface area contributed by atoms with Gasteiger partial charge in [0, 0.05) is 11.1 Å². The minimum Gasteiger partial charge on any atom is -0.426 e. The van der Waals surface area contributed by atoms with Gasteiger partial charge in [0.15, 0.2) is 0 Å². The molecule has 7 heteroatoms. The van der Waals surface area contributed by atoms with Crippen molar-refractivity contribution in [3.63, 3.8) is 0 Å². The van der Waals surface area contributed by atoms with Gasteiger partial charge in [-0.15, -0.1) is 0 Å². The molecule has 0 aromatic heterocycles. The lowest BCUT2D eigenvalue weighted by Crippen LogP contribution is -2.23. The molecule has 0 saturated heterocycles. The number of hydrogen-bond acceptors (Lipinski definition) is 5. The summed E-state index contributed by atoms with van der Waals surface area (Å²) in [4.78, 5) is 19.6. The summed E-state index contributed by atoms with van der Waals surface area (Å²) in [5, 5.41) is 0. The fraction of sp³-hybridized carbons (Fsp3) is 0.636. The molecule has 5 nitrogen and oxygen atoms in total. The first-order valence-electron chi connectivity index (χ1n) is 14.4. The van der Waals surface area contributed by atoms with Crippen LogP contribution in [0.2, 0.25) is 0 Å². The van der Waals surface area contributed by atoms with E-state index in [1.54, 1.807) is 0 Å². The van der Waals surface area contributed by atoms with Crippen LogP contribution in [0.3, 0.4) is 0 Å². The van der Waals surface area contributed by atoms with E-state index in [1.165, 1.54) is 27.8 Å². The lowest BCUT2D eigenvalue weighted by molar-refractivity contribution is 0.173. The van der Waals surface area contributed by atoms with E-state index in [0.717, 1.165) is 17.5 Å². The van der Waals surface area contributed by atoms with E-state index in [0.29, 0.717) is 5.75 Å². The zero-order valence-electron chi connectivity index (χ0n) is 27.2. The first-order chi connectivity index (χ1) is 18.0. The topological polar surface area (TPSA) is 68.2 Å². The molecule has 0 radical (unpaired) electrons. The van der Waals surface area contributed by atoms with Gasteiger partial charge in [-0.25, -0.2) is 4.31 Å². The highest BCUT2D eigenvalue weighted by molar-refractivity contribution is 7.54. The predicted molar refractivity (Wildman–Crippen MR) is 170 cm³/mol. The highest BCUT2D eigenvalue weighted by Crippen LogP contribution is 2.57. The average Bonchev–Trinajstić information content (AvgIpc) is 2.74. The lowest BCUT2D eigenvalue weighted by atomic mass is 9.71. The average molecular weight is 591 g/mol. The van der Waals surface area contributed by atoms with Gasteiger partial charge in [0.2, 0.25) is 0 Å². The molecule has 40 heavy (non-hydrogen) atoms. The number of rotatable bonds is 2. The van der Waals surface area contributed by atoms with Crippen LogP contribution >= 0.6 is 17.2 Å². The Bertz CT molecular complexity index is 1210. The Balaban J connectivity index is 2.61. The van der Waals surface area contributed by atoms with E-state index >= 15 is 0 Å². The summed E-state index contributed by atoms with van der Waals surface area (Å²) in [5.74, 6) is 0.870. The minimum atomic E-state index is -2.66. The van der Waals surface area contributed by atoms with Crippen molar-refractivity contribution in [3.05, 3.63) is 52.1 Å². The summed E-state index contributed by atoms with van der Waals surface area (Å²) in [7, 11) is -4.71. The standard InChI is InChI=1S/C33H52O5P2/c1-20-15-21(2)36-40(38-39(34)35)37-29-25(17-23(31(6,7)8)19-27(29)33(12,13)14)24-16-22(30(3,4)5)18-26(28(20)24)32(9,10)11/h16-21,34-35H,15H2,1-14H3.